The zero-order valence-corrected chi connectivity index (χ0v) is 11.8. The van der Waals surface area contributed by atoms with Gasteiger partial charge in [0.25, 0.3) is 6.43 Å². The molecule has 1 aromatic rings. The number of nitrogens with zero attached hydrogens (tertiary/aromatic N) is 3. The second kappa shape index (κ2) is 6.40. The number of alkyl halides is 2. The monoisotopic (exact) mass is 301 g/mol. The lowest BCUT2D eigenvalue weighted by Gasteiger charge is -2.34. The third-order valence-corrected chi connectivity index (χ3v) is 3.39. The van der Waals surface area contributed by atoms with Crippen LogP contribution in [0, 0.1) is 0 Å². The van der Waals surface area contributed by atoms with Crippen LogP contribution >= 0.6 is 0 Å². The van der Waals surface area contributed by atoms with Gasteiger partial charge in [-0.3, -0.25) is 4.90 Å². The Balaban J connectivity index is 2.28. The molecule has 6 nitrogen and oxygen atoms in total. The minimum atomic E-state index is -2.97. The van der Waals surface area contributed by atoms with Crippen molar-refractivity contribution < 1.29 is 23.4 Å². The Morgan fingerprint density at radius 1 is 1.52 bits per heavy atom. The van der Waals surface area contributed by atoms with Crippen LogP contribution in [0.4, 0.5) is 8.78 Å². The van der Waals surface area contributed by atoms with Crippen LogP contribution in [0.25, 0.3) is 0 Å². The quantitative estimate of drug-likeness (QED) is 0.915. The van der Waals surface area contributed by atoms with E-state index in [0.717, 1.165) is 12.7 Å². The molecule has 2 rings (SSSR count). The summed E-state index contributed by atoms with van der Waals surface area (Å²) < 4.78 is 31.4. The van der Waals surface area contributed by atoms with Crippen LogP contribution in [-0.4, -0.2) is 51.7 Å². The number of carboxylic acid groups (broad SMARTS) is 1. The molecule has 116 valence electrons. The molecule has 1 aromatic heterocycles. The van der Waals surface area contributed by atoms with Crippen molar-refractivity contribution in [2.45, 2.75) is 32.4 Å². The van der Waals surface area contributed by atoms with E-state index in [-0.39, 0.29) is 5.82 Å². The minimum Gasteiger partial charge on any atom is -0.478 e. The Bertz CT molecular complexity index is 525. The number of ether oxygens (including phenoxy) is 1. The molecule has 0 aromatic carbocycles. The maximum Gasteiger partial charge on any atom is 0.339 e. The number of carboxylic acids is 1. The van der Waals surface area contributed by atoms with E-state index in [1.54, 1.807) is 0 Å². The second-order valence-corrected chi connectivity index (χ2v) is 5.08. The molecule has 2 heterocycles. The Labute approximate surface area is 120 Å². The van der Waals surface area contributed by atoms with E-state index in [4.69, 9.17) is 9.84 Å². The molecular formula is C13H17F2N3O3. The first-order valence-corrected chi connectivity index (χ1v) is 6.64. The summed E-state index contributed by atoms with van der Waals surface area (Å²) in [4.78, 5) is 20.6. The fourth-order valence-corrected chi connectivity index (χ4v) is 2.19. The van der Waals surface area contributed by atoms with Crippen LogP contribution in [0.1, 0.15) is 48.3 Å². The van der Waals surface area contributed by atoms with Crippen molar-refractivity contribution in [2.24, 2.45) is 0 Å². The lowest BCUT2D eigenvalue weighted by atomic mass is 10.2. The van der Waals surface area contributed by atoms with Crippen LogP contribution in [0.5, 0.6) is 0 Å². The smallest absolute Gasteiger partial charge is 0.339 e. The van der Waals surface area contributed by atoms with Gasteiger partial charge in [-0.25, -0.2) is 23.5 Å². The van der Waals surface area contributed by atoms with Crippen LogP contribution < -0.4 is 0 Å². The highest BCUT2D eigenvalue weighted by atomic mass is 19.3. The standard InChI is InChI=1S/C13H17F2N3O3/c1-7(2)18-3-4-21-9(6-18)12-16-5-8(13(19)20)10(17-12)11(14)15/h5,7,9,11H,3-4,6H2,1-2H3,(H,19,20). The highest BCUT2D eigenvalue weighted by molar-refractivity contribution is 5.88. The van der Waals surface area contributed by atoms with Crippen molar-refractivity contribution in [3.05, 3.63) is 23.3 Å². The summed E-state index contributed by atoms with van der Waals surface area (Å²) in [6.07, 6.45) is -2.58. The van der Waals surface area contributed by atoms with Crippen molar-refractivity contribution >= 4 is 5.97 Å². The summed E-state index contributed by atoms with van der Waals surface area (Å²) in [5.74, 6) is -1.37. The van der Waals surface area contributed by atoms with E-state index in [1.165, 1.54) is 0 Å². The van der Waals surface area contributed by atoms with Gasteiger partial charge in [0.1, 0.15) is 17.4 Å². The van der Waals surface area contributed by atoms with Gasteiger partial charge in [0.2, 0.25) is 0 Å². The summed E-state index contributed by atoms with van der Waals surface area (Å²) in [6.45, 7) is 5.76. The van der Waals surface area contributed by atoms with E-state index < -0.39 is 29.8 Å². The first-order valence-electron chi connectivity index (χ1n) is 6.64. The van der Waals surface area contributed by atoms with Crippen molar-refractivity contribution in [3.8, 4) is 0 Å². The lowest BCUT2D eigenvalue weighted by Crippen LogP contribution is -2.42. The number of aromatic nitrogens is 2. The van der Waals surface area contributed by atoms with Crippen LogP contribution in [0.2, 0.25) is 0 Å². The van der Waals surface area contributed by atoms with E-state index in [1.807, 2.05) is 13.8 Å². The Morgan fingerprint density at radius 2 is 2.24 bits per heavy atom. The summed E-state index contributed by atoms with van der Waals surface area (Å²) in [7, 11) is 0. The maximum absolute atomic E-state index is 12.9. The molecule has 0 amide bonds. The molecule has 1 fully saturated rings. The molecule has 8 heteroatoms. The van der Waals surface area contributed by atoms with Gasteiger partial charge in [-0.15, -0.1) is 0 Å². The fourth-order valence-electron chi connectivity index (χ4n) is 2.19. The molecule has 1 N–H and O–H groups in total. The van der Waals surface area contributed by atoms with Gasteiger partial charge in [0.05, 0.1) is 6.61 Å². The number of morpholine rings is 1. The number of halogens is 2. The summed E-state index contributed by atoms with van der Waals surface area (Å²) in [5.41, 5.74) is -1.34. The third kappa shape index (κ3) is 3.51. The SMILES string of the molecule is CC(C)N1CCOC(c2ncc(C(=O)O)c(C(F)F)n2)C1. The van der Waals surface area contributed by atoms with Gasteiger partial charge in [-0.1, -0.05) is 0 Å². The van der Waals surface area contributed by atoms with E-state index >= 15 is 0 Å². The van der Waals surface area contributed by atoms with Crippen LogP contribution in [0.15, 0.2) is 6.20 Å². The average molecular weight is 301 g/mol. The highest BCUT2D eigenvalue weighted by Gasteiger charge is 2.28. The fraction of sp³-hybridized carbons (Fsp3) is 0.615. The number of hydrogen-bond acceptors (Lipinski definition) is 5. The van der Waals surface area contributed by atoms with E-state index in [9.17, 15) is 13.6 Å². The predicted octanol–water partition coefficient (Wildman–Crippen LogP) is 1.89. The predicted molar refractivity (Wildman–Crippen MR) is 69.4 cm³/mol. The molecular weight excluding hydrogens is 284 g/mol. The normalized spacial score (nSPS) is 20.2. The summed E-state index contributed by atoms with van der Waals surface area (Å²) in [5, 5.41) is 8.88. The molecule has 0 bridgehead atoms. The molecule has 1 saturated heterocycles. The first kappa shape index (κ1) is 15.7. The number of aromatic carboxylic acids is 1. The van der Waals surface area contributed by atoms with Gasteiger partial charge in [-0.05, 0) is 13.8 Å². The van der Waals surface area contributed by atoms with Crippen LogP contribution in [0.3, 0.4) is 0 Å². The minimum absolute atomic E-state index is 0.0978. The van der Waals surface area contributed by atoms with Crippen molar-refractivity contribution in [3.63, 3.8) is 0 Å². The molecule has 1 atom stereocenters. The summed E-state index contributed by atoms with van der Waals surface area (Å²) >= 11 is 0. The second-order valence-electron chi connectivity index (χ2n) is 5.08. The lowest BCUT2D eigenvalue weighted by molar-refractivity contribution is -0.0446. The molecule has 0 saturated carbocycles. The van der Waals surface area contributed by atoms with Crippen molar-refractivity contribution in [2.75, 3.05) is 19.7 Å². The Kier molecular flexibility index (Phi) is 4.79. The molecule has 0 spiro atoms. The third-order valence-electron chi connectivity index (χ3n) is 3.39. The summed E-state index contributed by atoms with van der Waals surface area (Å²) in [6, 6.07) is 0.296. The van der Waals surface area contributed by atoms with E-state index in [2.05, 4.69) is 14.9 Å². The largest absolute Gasteiger partial charge is 0.478 e. The molecule has 0 aliphatic carbocycles. The van der Waals surface area contributed by atoms with Gasteiger partial charge >= 0.3 is 5.97 Å². The zero-order chi connectivity index (χ0) is 15.6. The topological polar surface area (TPSA) is 75.5 Å². The molecule has 21 heavy (non-hydrogen) atoms. The van der Waals surface area contributed by atoms with E-state index in [0.29, 0.717) is 19.2 Å². The molecule has 1 aliphatic rings. The van der Waals surface area contributed by atoms with Gasteiger partial charge < -0.3 is 9.84 Å². The number of rotatable bonds is 4. The molecule has 1 aliphatic heterocycles. The maximum atomic E-state index is 12.9. The van der Waals surface area contributed by atoms with Gasteiger partial charge in [0, 0.05) is 25.3 Å². The van der Waals surface area contributed by atoms with Gasteiger partial charge in [-0.2, -0.15) is 0 Å². The molecule has 0 radical (unpaired) electrons. The number of hydrogen-bond donors (Lipinski definition) is 1. The first-order chi connectivity index (χ1) is 9.90. The van der Waals surface area contributed by atoms with Crippen molar-refractivity contribution in [1.82, 2.24) is 14.9 Å². The number of carbonyl (C=O) groups is 1. The molecule has 1 unspecified atom stereocenters. The Hall–Kier alpha value is -1.67. The average Bonchev–Trinajstić information content (AvgIpc) is 2.46. The van der Waals surface area contributed by atoms with Gasteiger partial charge in [0.15, 0.2) is 5.82 Å². The Morgan fingerprint density at radius 3 is 2.81 bits per heavy atom. The van der Waals surface area contributed by atoms with Crippen molar-refractivity contribution in [1.29, 1.82) is 0 Å². The highest BCUT2D eigenvalue weighted by Crippen LogP contribution is 2.25. The van der Waals surface area contributed by atoms with Crippen LogP contribution in [-0.2, 0) is 4.74 Å². The zero-order valence-electron chi connectivity index (χ0n) is 11.8.